The van der Waals surface area contributed by atoms with Crippen LogP contribution in [0.1, 0.15) is 0 Å². The largest absolute Gasteiger partial charge is 0.508 e. The van der Waals surface area contributed by atoms with Gasteiger partial charge >= 0.3 is 0 Å². The van der Waals surface area contributed by atoms with Gasteiger partial charge in [0.2, 0.25) is 5.91 Å². The fraction of sp³-hybridized carbons (Fsp3) is 0.0625. The number of fused-ring (bicyclic) bond motifs is 1. The molecule has 3 rings (SSSR count). The number of anilines is 1. The molecule has 106 valence electrons. The van der Waals surface area contributed by atoms with Crippen LogP contribution in [-0.4, -0.2) is 15.6 Å². The summed E-state index contributed by atoms with van der Waals surface area (Å²) < 4.78 is 15.0. The number of carbonyl (C=O) groups excluding carboxylic acids is 1. The first kappa shape index (κ1) is 13.2. The molecule has 4 nitrogen and oxygen atoms in total. The smallest absolute Gasteiger partial charge is 0.244 e. The third kappa shape index (κ3) is 2.86. The Hall–Kier alpha value is -2.82. The van der Waals surface area contributed by atoms with Crippen molar-refractivity contribution in [2.45, 2.75) is 6.54 Å². The van der Waals surface area contributed by atoms with Crippen molar-refractivity contribution in [3.8, 4) is 5.75 Å². The molecule has 3 aromatic rings. The third-order valence-electron chi connectivity index (χ3n) is 3.18. The highest BCUT2D eigenvalue weighted by Gasteiger charge is 2.07. The number of nitrogens with one attached hydrogen (secondary N) is 1. The molecule has 1 heterocycles. The van der Waals surface area contributed by atoms with Crippen molar-refractivity contribution >= 4 is 22.5 Å². The van der Waals surface area contributed by atoms with Crippen LogP contribution in [-0.2, 0) is 11.3 Å². The molecule has 0 atom stereocenters. The fourth-order valence-corrected chi connectivity index (χ4v) is 2.23. The van der Waals surface area contributed by atoms with Gasteiger partial charge < -0.3 is 15.0 Å². The topological polar surface area (TPSA) is 54.3 Å². The number of halogens is 1. The average Bonchev–Trinajstić information content (AvgIpc) is 2.81. The lowest BCUT2D eigenvalue weighted by molar-refractivity contribution is -0.116. The Kier molecular flexibility index (Phi) is 3.31. The van der Waals surface area contributed by atoms with Crippen LogP contribution in [0.5, 0.6) is 5.75 Å². The molecule has 1 aromatic heterocycles. The minimum absolute atomic E-state index is 0.0720. The summed E-state index contributed by atoms with van der Waals surface area (Å²) >= 11 is 0. The molecule has 0 bridgehead atoms. The summed E-state index contributed by atoms with van der Waals surface area (Å²) in [6.45, 7) is 0.0720. The Morgan fingerprint density at radius 2 is 2.05 bits per heavy atom. The number of rotatable bonds is 3. The summed E-state index contributed by atoms with van der Waals surface area (Å²) in [6.07, 6.45) is 1.74. The van der Waals surface area contributed by atoms with Crippen LogP contribution < -0.4 is 5.32 Å². The number of nitrogens with zero attached hydrogens (tertiary/aromatic N) is 1. The molecule has 0 spiro atoms. The normalized spacial score (nSPS) is 10.7. The lowest BCUT2D eigenvalue weighted by Gasteiger charge is -2.08. The van der Waals surface area contributed by atoms with Crippen molar-refractivity contribution in [1.29, 1.82) is 0 Å². The van der Waals surface area contributed by atoms with Crippen LogP contribution in [0.2, 0.25) is 0 Å². The number of aromatic nitrogens is 1. The second-order valence-corrected chi connectivity index (χ2v) is 4.75. The van der Waals surface area contributed by atoms with E-state index < -0.39 is 0 Å². The first-order valence-corrected chi connectivity index (χ1v) is 6.45. The summed E-state index contributed by atoms with van der Waals surface area (Å²) in [6, 6.07) is 12.6. The van der Waals surface area contributed by atoms with Gasteiger partial charge in [0.15, 0.2) is 0 Å². The minimum atomic E-state index is -0.337. The maximum Gasteiger partial charge on any atom is 0.244 e. The number of phenols is 1. The molecule has 0 fully saturated rings. The van der Waals surface area contributed by atoms with Gasteiger partial charge in [-0.25, -0.2) is 4.39 Å². The van der Waals surface area contributed by atoms with Crippen molar-refractivity contribution < 1.29 is 14.3 Å². The second-order valence-electron chi connectivity index (χ2n) is 4.75. The summed E-state index contributed by atoms with van der Waals surface area (Å²) in [5.74, 6) is -0.500. The number of hydrogen-bond donors (Lipinski definition) is 2. The molecule has 0 radical (unpaired) electrons. The van der Waals surface area contributed by atoms with E-state index >= 15 is 0 Å². The number of phenolic OH excluding ortho intramolecular Hbond substituents is 1. The number of hydrogen-bond acceptors (Lipinski definition) is 2. The second kappa shape index (κ2) is 5.28. The van der Waals surface area contributed by atoms with Gasteiger partial charge in [-0.05, 0) is 41.8 Å². The van der Waals surface area contributed by atoms with Crippen molar-refractivity contribution in [2.24, 2.45) is 0 Å². The molecule has 0 saturated heterocycles. The molecule has 0 aliphatic carbocycles. The molecule has 0 aliphatic rings. The maximum atomic E-state index is 13.3. The van der Waals surface area contributed by atoms with Crippen LogP contribution in [0.3, 0.4) is 0 Å². The molecule has 21 heavy (non-hydrogen) atoms. The van der Waals surface area contributed by atoms with Gasteiger partial charge in [0.1, 0.15) is 18.1 Å². The van der Waals surface area contributed by atoms with Gasteiger partial charge in [0, 0.05) is 18.0 Å². The molecule has 2 N–H and O–H groups in total. The van der Waals surface area contributed by atoms with E-state index in [1.807, 2.05) is 6.07 Å². The molecule has 0 aliphatic heterocycles. The Morgan fingerprint density at radius 1 is 1.19 bits per heavy atom. The van der Waals surface area contributed by atoms with Gasteiger partial charge in [-0.15, -0.1) is 0 Å². The molecule has 5 heteroatoms. The first-order valence-electron chi connectivity index (χ1n) is 6.45. The van der Waals surface area contributed by atoms with Crippen molar-refractivity contribution in [1.82, 2.24) is 4.57 Å². The predicted molar refractivity (Wildman–Crippen MR) is 78.6 cm³/mol. The van der Waals surface area contributed by atoms with Crippen LogP contribution in [0, 0.1) is 5.82 Å². The summed E-state index contributed by atoms with van der Waals surface area (Å²) in [5.41, 5.74) is 1.18. The van der Waals surface area contributed by atoms with E-state index in [1.54, 1.807) is 29.0 Å². The summed E-state index contributed by atoms with van der Waals surface area (Å²) in [7, 11) is 0. The zero-order valence-electron chi connectivity index (χ0n) is 11.1. The molecule has 1 amide bonds. The lowest BCUT2D eigenvalue weighted by atomic mass is 10.2. The summed E-state index contributed by atoms with van der Waals surface area (Å²) in [5, 5.41) is 12.9. The molecule has 0 unspecified atom stereocenters. The zero-order valence-corrected chi connectivity index (χ0v) is 11.1. The number of benzene rings is 2. The number of aromatic hydroxyl groups is 1. The predicted octanol–water partition coefficient (Wildman–Crippen LogP) is 3.12. The number of carbonyl (C=O) groups is 1. The van der Waals surface area contributed by atoms with E-state index in [1.165, 1.54) is 24.3 Å². The summed E-state index contributed by atoms with van der Waals surface area (Å²) in [4.78, 5) is 12.0. The molecular formula is C16H13FN2O2. The first-order chi connectivity index (χ1) is 10.1. The monoisotopic (exact) mass is 284 g/mol. The van der Waals surface area contributed by atoms with Crippen LogP contribution in [0.25, 0.3) is 10.9 Å². The minimum Gasteiger partial charge on any atom is -0.508 e. The van der Waals surface area contributed by atoms with Crippen LogP contribution in [0.15, 0.2) is 54.7 Å². The van der Waals surface area contributed by atoms with Crippen LogP contribution >= 0.6 is 0 Å². The third-order valence-corrected chi connectivity index (χ3v) is 3.18. The van der Waals surface area contributed by atoms with E-state index in [9.17, 15) is 14.3 Å². The van der Waals surface area contributed by atoms with E-state index in [4.69, 9.17) is 0 Å². The highest BCUT2D eigenvalue weighted by Crippen LogP contribution is 2.18. The van der Waals surface area contributed by atoms with Gasteiger partial charge in [-0.2, -0.15) is 0 Å². The quantitative estimate of drug-likeness (QED) is 0.776. The average molecular weight is 284 g/mol. The van der Waals surface area contributed by atoms with E-state index in [0.29, 0.717) is 11.2 Å². The fourth-order valence-electron chi connectivity index (χ4n) is 2.23. The highest BCUT2D eigenvalue weighted by atomic mass is 19.1. The molecular weight excluding hydrogens is 271 g/mol. The molecule has 2 aromatic carbocycles. The van der Waals surface area contributed by atoms with Gasteiger partial charge in [0.25, 0.3) is 0 Å². The zero-order chi connectivity index (χ0) is 14.8. The molecule has 0 saturated carbocycles. The van der Waals surface area contributed by atoms with E-state index in [-0.39, 0.29) is 24.0 Å². The highest BCUT2D eigenvalue weighted by molar-refractivity contribution is 5.92. The maximum absolute atomic E-state index is 13.3. The van der Waals surface area contributed by atoms with Crippen molar-refractivity contribution in [3.05, 3.63) is 60.5 Å². The van der Waals surface area contributed by atoms with E-state index in [0.717, 1.165) is 5.39 Å². The lowest BCUT2D eigenvalue weighted by Crippen LogP contribution is -2.18. The SMILES string of the molecule is O=C(Cn1ccc2ccc(F)cc21)Nc1cccc(O)c1. The van der Waals surface area contributed by atoms with Gasteiger partial charge in [-0.1, -0.05) is 6.07 Å². The van der Waals surface area contributed by atoms with Gasteiger partial charge in [0.05, 0.1) is 5.52 Å². The standard InChI is InChI=1S/C16H13FN2O2/c17-12-5-4-11-6-7-19(15(11)8-12)10-16(21)18-13-2-1-3-14(20)9-13/h1-9,20H,10H2,(H,18,21). The van der Waals surface area contributed by atoms with Gasteiger partial charge in [-0.3, -0.25) is 4.79 Å². The Labute approximate surface area is 120 Å². The Balaban J connectivity index is 1.79. The van der Waals surface area contributed by atoms with Crippen LogP contribution in [0.4, 0.5) is 10.1 Å². The Morgan fingerprint density at radius 3 is 2.86 bits per heavy atom. The van der Waals surface area contributed by atoms with E-state index in [2.05, 4.69) is 5.32 Å². The number of amides is 1. The Bertz CT molecular complexity index is 811. The van der Waals surface area contributed by atoms with Crippen molar-refractivity contribution in [2.75, 3.05) is 5.32 Å². The van der Waals surface area contributed by atoms with Crippen molar-refractivity contribution in [3.63, 3.8) is 0 Å².